The van der Waals surface area contributed by atoms with Crippen molar-refractivity contribution in [3.63, 3.8) is 0 Å². The molecule has 0 aromatic carbocycles. The molecule has 0 fully saturated rings. The van der Waals surface area contributed by atoms with Crippen LogP contribution in [0.2, 0.25) is 0 Å². The van der Waals surface area contributed by atoms with Crippen molar-refractivity contribution in [1.29, 1.82) is 0 Å². The largest absolute Gasteiger partial charge is 0.461 e. The van der Waals surface area contributed by atoms with Crippen molar-refractivity contribution < 1.29 is 9.53 Å². The third kappa shape index (κ3) is 4.66. The van der Waals surface area contributed by atoms with Crippen molar-refractivity contribution in [2.75, 3.05) is 0 Å². The zero-order valence-electron chi connectivity index (χ0n) is 12.4. The summed E-state index contributed by atoms with van der Waals surface area (Å²) in [5, 5.41) is 0. The summed E-state index contributed by atoms with van der Waals surface area (Å²) in [5.74, 6) is 0.615. The Hall–Kier alpha value is -0.570. The lowest BCUT2D eigenvalue weighted by molar-refractivity contribution is -0.164. The van der Waals surface area contributed by atoms with E-state index >= 15 is 0 Å². The van der Waals surface area contributed by atoms with Crippen molar-refractivity contribution in [2.45, 2.75) is 67.0 Å². The van der Waals surface area contributed by atoms with Gasteiger partial charge in [0.2, 0.25) is 0 Å². The third-order valence-corrected chi connectivity index (χ3v) is 3.61. The van der Waals surface area contributed by atoms with Gasteiger partial charge in [0.1, 0.15) is 6.10 Å². The molecule has 3 nitrogen and oxygen atoms in total. The zero-order chi connectivity index (χ0) is 13.8. The van der Waals surface area contributed by atoms with Gasteiger partial charge in [-0.25, -0.2) is 0 Å². The summed E-state index contributed by atoms with van der Waals surface area (Å²) >= 11 is 0. The average molecular weight is 243 g/mol. The lowest BCUT2D eigenvalue weighted by Crippen LogP contribution is -2.41. The minimum Gasteiger partial charge on any atom is -0.461 e. The number of hydrogen-bond donors (Lipinski definition) is 1. The molecule has 102 valence electrons. The molecule has 0 saturated heterocycles. The molecule has 0 spiro atoms. The maximum absolute atomic E-state index is 12.3. The summed E-state index contributed by atoms with van der Waals surface area (Å²) in [4.78, 5) is 12.3. The van der Waals surface area contributed by atoms with Crippen LogP contribution in [0.4, 0.5) is 0 Å². The van der Waals surface area contributed by atoms with Crippen LogP contribution in [-0.4, -0.2) is 18.1 Å². The van der Waals surface area contributed by atoms with Gasteiger partial charge in [0, 0.05) is 6.04 Å². The summed E-state index contributed by atoms with van der Waals surface area (Å²) in [6.07, 6.45) is 0.613. The second kappa shape index (κ2) is 6.39. The number of esters is 1. The second-order valence-corrected chi connectivity index (χ2v) is 6.14. The predicted molar refractivity (Wildman–Crippen MR) is 71.6 cm³/mol. The monoisotopic (exact) mass is 243 g/mol. The quantitative estimate of drug-likeness (QED) is 0.730. The molecule has 2 N–H and O–H groups in total. The molecule has 0 aromatic rings. The van der Waals surface area contributed by atoms with E-state index in [2.05, 4.69) is 27.7 Å². The van der Waals surface area contributed by atoms with Gasteiger partial charge >= 0.3 is 5.97 Å². The Balaban J connectivity index is 4.77. The van der Waals surface area contributed by atoms with Gasteiger partial charge in [0.25, 0.3) is 0 Å². The highest BCUT2D eigenvalue weighted by Crippen LogP contribution is 2.36. The Bertz CT molecular complexity index is 249. The van der Waals surface area contributed by atoms with E-state index in [1.165, 1.54) is 0 Å². The average Bonchev–Trinajstić information content (AvgIpc) is 2.15. The summed E-state index contributed by atoms with van der Waals surface area (Å²) < 4.78 is 5.48. The van der Waals surface area contributed by atoms with E-state index in [1.54, 1.807) is 0 Å². The van der Waals surface area contributed by atoms with Gasteiger partial charge in [-0.05, 0) is 39.0 Å². The van der Waals surface area contributed by atoms with Crippen LogP contribution in [0.5, 0.6) is 0 Å². The maximum atomic E-state index is 12.3. The van der Waals surface area contributed by atoms with Gasteiger partial charge in [-0.15, -0.1) is 0 Å². The molecule has 0 aromatic heterocycles. The first kappa shape index (κ1) is 16.4. The number of ether oxygens (including phenoxy) is 1. The summed E-state index contributed by atoms with van der Waals surface area (Å²) in [6.45, 7) is 14.1. The van der Waals surface area contributed by atoms with Crippen LogP contribution in [-0.2, 0) is 9.53 Å². The van der Waals surface area contributed by atoms with Crippen molar-refractivity contribution >= 4 is 5.97 Å². The predicted octanol–water partition coefficient (Wildman–Crippen LogP) is 2.97. The highest BCUT2D eigenvalue weighted by molar-refractivity contribution is 5.77. The summed E-state index contributed by atoms with van der Waals surface area (Å²) in [5.41, 5.74) is 5.31. The molecule has 3 atom stereocenters. The van der Waals surface area contributed by atoms with E-state index in [9.17, 15) is 4.79 Å². The number of carbonyl (C=O) groups is 1. The molecule has 3 heteroatoms. The van der Waals surface area contributed by atoms with Crippen LogP contribution in [0.15, 0.2) is 0 Å². The molecular weight excluding hydrogens is 214 g/mol. The summed E-state index contributed by atoms with van der Waals surface area (Å²) in [6, 6.07) is -0.130. The minimum atomic E-state index is -0.419. The van der Waals surface area contributed by atoms with Crippen LogP contribution in [0.3, 0.4) is 0 Å². The van der Waals surface area contributed by atoms with Crippen LogP contribution >= 0.6 is 0 Å². The van der Waals surface area contributed by atoms with E-state index in [1.807, 2.05) is 20.8 Å². The Morgan fingerprint density at radius 1 is 1.18 bits per heavy atom. The number of carbonyl (C=O) groups excluding carboxylic acids is 1. The van der Waals surface area contributed by atoms with E-state index in [4.69, 9.17) is 10.5 Å². The fourth-order valence-corrected chi connectivity index (χ4v) is 1.81. The van der Waals surface area contributed by atoms with Crippen LogP contribution in [0.1, 0.15) is 54.9 Å². The highest BCUT2D eigenvalue weighted by atomic mass is 16.5. The number of nitrogens with two attached hydrogens (primary N) is 1. The Morgan fingerprint density at radius 2 is 1.65 bits per heavy atom. The molecule has 0 aliphatic rings. The molecular formula is C14H29NO2. The van der Waals surface area contributed by atoms with Crippen molar-refractivity contribution in [2.24, 2.45) is 23.0 Å². The first-order chi connectivity index (χ1) is 7.61. The summed E-state index contributed by atoms with van der Waals surface area (Å²) in [7, 11) is 0. The van der Waals surface area contributed by atoms with Gasteiger partial charge in [-0.2, -0.15) is 0 Å². The van der Waals surface area contributed by atoms with E-state index in [-0.39, 0.29) is 24.0 Å². The van der Waals surface area contributed by atoms with Gasteiger partial charge < -0.3 is 10.5 Å². The van der Waals surface area contributed by atoms with E-state index in [0.717, 1.165) is 6.42 Å². The standard InChI is InChI=1S/C14H29NO2/c1-9(2)8-14(7,10(3)4)13(16)17-12(6)11(5)15/h9-12H,8,15H2,1-7H3. The number of rotatable bonds is 6. The van der Waals surface area contributed by atoms with Crippen molar-refractivity contribution in [1.82, 2.24) is 0 Å². The van der Waals surface area contributed by atoms with Gasteiger partial charge in [0.05, 0.1) is 5.41 Å². The zero-order valence-corrected chi connectivity index (χ0v) is 12.4. The second-order valence-electron chi connectivity index (χ2n) is 6.14. The minimum absolute atomic E-state index is 0.119. The van der Waals surface area contributed by atoms with Crippen LogP contribution in [0.25, 0.3) is 0 Å². The van der Waals surface area contributed by atoms with Gasteiger partial charge in [-0.3, -0.25) is 4.79 Å². The topological polar surface area (TPSA) is 52.3 Å². The SMILES string of the molecule is CC(C)CC(C)(C(=O)OC(C)C(C)N)C(C)C. The highest BCUT2D eigenvalue weighted by Gasteiger charge is 2.39. The molecule has 0 bridgehead atoms. The molecule has 17 heavy (non-hydrogen) atoms. The van der Waals surface area contributed by atoms with Crippen molar-refractivity contribution in [3.8, 4) is 0 Å². The normalized spacial score (nSPS) is 18.9. The fraction of sp³-hybridized carbons (Fsp3) is 0.929. The Labute approximate surface area is 106 Å². The van der Waals surface area contributed by atoms with Crippen LogP contribution in [0, 0.1) is 17.3 Å². The molecule has 0 rings (SSSR count). The van der Waals surface area contributed by atoms with E-state index < -0.39 is 5.41 Å². The number of hydrogen-bond acceptors (Lipinski definition) is 3. The Kier molecular flexibility index (Phi) is 6.17. The molecule has 0 aliphatic heterocycles. The molecule has 0 saturated carbocycles. The molecule has 0 radical (unpaired) electrons. The van der Waals surface area contributed by atoms with Crippen molar-refractivity contribution in [3.05, 3.63) is 0 Å². The Morgan fingerprint density at radius 3 is 1.94 bits per heavy atom. The van der Waals surface area contributed by atoms with Crippen LogP contribution < -0.4 is 5.73 Å². The fourth-order valence-electron chi connectivity index (χ4n) is 1.81. The first-order valence-corrected chi connectivity index (χ1v) is 6.58. The molecule has 0 heterocycles. The first-order valence-electron chi connectivity index (χ1n) is 6.58. The van der Waals surface area contributed by atoms with E-state index in [0.29, 0.717) is 5.92 Å². The molecule has 0 aliphatic carbocycles. The molecule has 0 amide bonds. The smallest absolute Gasteiger partial charge is 0.312 e. The van der Waals surface area contributed by atoms with Gasteiger partial charge in [0.15, 0.2) is 0 Å². The molecule has 3 unspecified atom stereocenters. The lowest BCUT2D eigenvalue weighted by atomic mass is 9.73. The maximum Gasteiger partial charge on any atom is 0.312 e. The van der Waals surface area contributed by atoms with Gasteiger partial charge in [-0.1, -0.05) is 27.7 Å². The third-order valence-electron chi connectivity index (χ3n) is 3.61. The lowest BCUT2D eigenvalue weighted by Gasteiger charge is -2.34.